The summed E-state index contributed by atoms with van der Waals surface area (Å²) in [6.45, 7) is 1.77. The topological polar surface area (TPSA) is 79.3 Å². The lowest BCUT2D eigenvalue weighted by Crippen LogP contribution is -2.33. The average molecular weight is 339 g/mol. The second-order valence-corrected chi connectivity index (χ2v) is 6.15. The summed E-state index contributed by atoms with van der Waals surface area (Å²) in [7, 11) is 0. The number of thiazole rings is 1. The van der Waals surface area contributed by atoms with Crippen LogP contribution in [0, 0.1) is 0 Å². The molecule has 0 saturated carbocycles. The van der Waals surface area contributed by atoms with Crippen LogP contribution in [0.15, 0.2) is 29.6 Å². The summed E-state index contributed by atoms with van der Waals surface area (Å²) in [5.41, 5.74) is 1.18. The van der Waals surface area contributed by atoms with Crippen molar-refractivity contribution in [1.82, 2.24) is 10.3 Å². The summed E-state index contributed by atoms with van der Waals surface area (Å²) in [6.07, 6.45) is 0.401. The second kappa shape index (κ2) is 7.38. The van der Waals surface area contributed by atoms with Crippen molar-refractivity contribution in [1.29, 1.82) is 0 Å². The molecule has 0 aliphatic heterocycles. The van der Waals surface area contributed by atoms with Crippen LogP contribution in [-0.2, 0) is 4.79 Å². The number of carboxylic acid groups (broad SMARTS) is 1. The Kier molecular flexibility index (Phi) is 5.51. The van der Waals surface area contributed by atoms with E-state index in [9.17, 15) is 9.59 Å². The van der Waals surface area contributed by atoms with Gasteiger partial charge in [-0.3, -0.25) is 9.59 Å². The van der Waals surface area contributed by atoms with Crippen molar-refractivity contribution in [2.24, 2.45) is 0 Å². The van der Waals surface area contributed by atoms with Crippen LogP contribution < -0.4 is 5.32 Å². The van der Waals surface area contributed by atoms with Gasteiger partial charge >= 0.3 is 5.97 Å². The molecule has 1 aromatic carbocycles. The van der Waals surface area contributed by atoms with Crippen molar-refractivity contribution < 1.29 is 14.7 Å². The molecule has 0 saturated heterocycles. The fraction of sp³-hybridized carbons (Fsp3) is 0.267. The molecular weight excluding hydrogens is 324 g/mol. The molecule has 0 radical (unpaired) electrons. The normalized spacial score (nSPS) is 11.9. The molecule has 1 heterocycles. The quantitative estimate of drug-likeness (QED) is 0.845. The maximum absolute atomic E-state index is 12.1. The van der Waals surface area contributed by atoms with Crippen LogP contribution in [0.5, 0.6) is 0 Å². The number of carboxylic acids is 1. The Morgan fingerprint density at radius 1 is 1.45 bits per heavy atom. The number of aromatic nitrogens is 1. The predicted molar refractivity (Wildman–Crippen MR) is 86.4 cm³/mol. The minimum atomic E-state index is -0.877. The number of nitrogens with one attached hydrogen (secondary N) is 1. The first-order valence-corrected chi connectivity index (χ1v) is 7.95. The first-order chi connectivity index (χ1) is 10.5. The van der Waals surface area contributed by atoms with E-state index in [0.29, 0.717) is 22.1 Å². The molecule has 0 bridgehead atoms. The van der Waals surface area contributed by atoms with Crippen molar-refractivity contribution in [3.05, 3.63) is 40.4 Å². The minimum Gasteiger partial charge on any atom is -0.481 e. The predicted octanol–water partition coefficient (Wildman–Crippen LogP) is 3.45. The number of carbonyl (C=O) groups excluding carboxylic acids is 1. The zero-order chi connectivity index (χ0) is 16.1. The molecule has 2 rings (SSSR count). The van der Waals surface area contributed by atoms with E-state index < -0.39 is 5.97 Å². The Labute approximate surface area is 137 Å². The summed E-state index contributed by atoms with van der Waals surface area (Å²) in [5.74, 6) is -1.18. The van der Waals surface area contributed by atoms with Crippen LogP contribution in [-0.4, -0.2) is 28.0 Å². The third-order valence-corrected chi connectivity index (χ3v) is 4.10. The van der Waals surface area contributed by atoms with Gasteiger partial charge in [0.1, 0.15) is 10.7 Å². The number of amides is 1. The lowest BCUT2D eigenvalue weighted by Gasteiger charge is -2.11. The molecule has 22 heavy (non-hydrogen) atoms. The second-order valence-electron chi connectivity index (χ2n) is 4.86. The van der Waals surface area contributed by atoms with Gasteiger partial charge in [0.25, 0.3) is 5.91 Å². The monoisotopic (exact) mass is 338 g/mol. The Hall–Kier alpha value is -1.92. The highest BCUT2D eigenvalue weighted by molar-refractivity contribution is 7.13. The zero-order valence-corrected chi connectivity index (χ0v) is 13.4. The summed E-state index contributed by atoms with van der Waals surface area (Å²) >= 11 is 7.30. The largest absolute Gasteiger partial charge is 0.481 e. The van der Waals surface area contributed by atoms with Gasteiger partial charge in [-0.25, -0.2) is 4.98 Å². The van der Waals surface area contributed by atoms with Crippen LogP contribution >= 0.6 is 22.9 Å². The number of halogens is 1. The van der Waals surface area contributed by atoms with Gasteiger partial charge in [-0.1, -0.05) is 23.7 Å². The molecule has 2 N–H and O–H groups in total. The molecule has 1 unspecified atom stereocenters. The van der Waals surface area contributed by atoms with E-state index in [-0.39, 0.29) is 18.4 Å². The first-order valence-electron chi connectivity index (χ1n) is 6.70. The third-order valence-electron chi connectivity index (χ3n) is 2.98. The maximum atomic E-state index is 12.1. The van der Waals surface area contributed by atoms with E-state index in [1.165, 1.54) is 11.3 Å². The van der Waals surface area contributed by atoms with E-state index >= 15 is 0 Å². The lowest BCUT2D eigenvalue weighted by molar-refractivity contribution is -0.137. The summed E-state index contributed by atoms with van der Waals surface area (Å²) in [5, 5.41) is 14.4. The first kappa shape index (κ1) is 16.5. The molecule has 0 aliphatic carbocycles. The van der Waals surface area contributed by atoms with E-state index in [4.69, 9.17) is 16.7 Å². The summed E-state index contributed by atoms with van der Waals surface area (Å²) < 4.78 is 0. The summed E-state index contributed by atoms with van der Waals surface area (Å²) in [6, 6.07) is 7.04. The lowest BCUT2D eigenvalue weighted by atomic mass is 10.2. The number of nitrogens with zero attached hydrogens (tertiary/aromatic N) is 1. The van der Waals surface area contributed by atoms with Crippen molar-refractivity contribution in [3.8, 4) is 10.6 Å². The summed E-state index contributed by atoms with van der Waals surface area (Å²) in [4.78, 5) is 26.9. The van der Waals surface area contributed by atoms with Crippen LogP contribution in [0.2, 0.25) is 5.02 Å². The molecule has 0 spiro atoms. The number of rotatable bonds is 6. The van der Waals surface area contributed by atoms with Gasteiger partial charge in [-0.2, -0.15) is 0 Å². The highest BCUT2D eigenvalue weighted by Crippen LogP contribution is 2.26. The molecule has 7 heteroatoms. The van der Waals surface area contributed by atoms with Crippen molar-refractivity contribution in [3.63, 3.8) is 0 Å². The Balaban J connectivity index is 2.01. The number of hydrogen-bond acceptors (Lipinski definition) is 4. The highest BCUT2D eigenvalue weighted by Gasteiger charge is 2.15. The third kappa shape index (κ3) is 4.54. The average Bonchev–Trinajstić information content (AvgIpc) is 2.95. The van der Waals surface area contributed by atoms with Gasteiger partial charge in [0.15, 0.2) is 0 Å². The van der Waals surface area contributed by atoms with Crippen LogP contribution in [0.3, 0.4) is 0 Å². The SMILES string of the molecule is CC(CCC(=O)O)NC(=O)c1csc(-c2cccc(Cl)c2)n1. The molecule has 5 nitrogen and oxygen atoms in total. The smallest absolute Gasteiger partial charge is 0.303 e. The Bertz CT molecular complexity index is 687. The van der Waals surface area contributed by atoms with Gasteiger partial charge in [0.05, 0.1) is 0 Å². The van der Waals surface area contributed by atoms with E-state index in [0.717, 1.165) is 5.56 Å². The molecule has 1 atom stereocenters. The van der Waals surface area contributed by atoms with E-state index in [1.807, 2.05) is 12.1 Å². The van der Waals surface area contributed by atoms with Crippen molar-refractivity contribution in [2.45, 2.75) is 25.8 Å². The van der Waals surface area contributed by atoms with Crippen molar-refractivity contribution in [2.75, 3.05) is 0 Å². The fourth-order valence-corrected chi connectivity index (χ4v) is 2.83. The van der Waals surface area contributed by atoms with Gasteiger partial charge < -0.3 is 10.4 Å². The number of aliphatic carboxylic acids is 1. The molecule has 2 aromatic rings. The standard InChI is InChI=1S/C15H15ClN2O3S/c1-9(5-6-13(19)20)17-14(21)12-8-22-15(18-12)10-3-2-4-11(16)7-10/h2-4,7-9H,5-6H2,1H3,(H,17,21)(H,19,20). The van der Waals surface area contributed by atoms with E-state index in [2.05, 4.69) is 10.3 Å². The molecule has 1 amide bonds. The molecular formula is C15H15ClN2O3S. The molecule has 1 aromatic heterocycles. The Morgan fingerprint density at radius 3 is 2.91 bits per heavy atom. The van der Waals surface area contributed by atoms with E-state index in [1.54, 1.807) is 24.4 Å². The Morgan fingerprint density at radius 2 is 2.23 bits per heavy atom. The number of benzene rings is 1. The highest BCUT2D eigenvalue weighted by atomic mass is 35.5. The van der Waals surface area contributed by atoms with Crippen LogP contribution in [0.25, 0.3) is 10.6 Å². The van der Waals surface area contributed by atoms with Gasteiger partial charge in [0, 0.05) is 28.4 Å². The minimum absolute atomic E-state index is 0.0201. The molecule has 0 fully saturated rings. The van der Waals surface area contributed by atoms with Crippen LogP contribution in [0.4, 0.5) is 0 Å². The van der Waals surface area contributed by atoms with Gasteiger partial charge in [0.2, 0.25) is 0 Å². The fourth-order valence-electron chi connectivity index (χ4n) is 1.84. The van der Waals surface area contributed by atoms with Gasteiger partial charge in [-0.05, 0) is 25.5 Å². The van der Waals surface area contributed by atoms with Gasteiger partial charge in [-0.15, -0.1) is 11.3 Å². The number of hydrogen-bond donors (Lipinski definition) is 2. The van der Waals surface area contributed by atoms with Crippen molar-refractivity contribution >= 4 is 34.8 Å². The number of carbonyl (C=O) groups is 2. The zero-order valence-electron chi connectivity index (χ0n) is 11.9. The maximum Gasteiger partial charge on any atom is 0.303 e. The molecule has 0 aliphatic rings. The molecule has 116 valence electrons. The van der Waals surface area contributed by atoms with Crippen LogP contribution in [0.1, 0.15) is 30.3 Å².